The van der Waals surface area contributed by atoms with Crippen LogP contribution in [-0.2, 0) is 15.0 Å². The van der Waals surface area contributed by atoms with Crippen LogP contribution in [0.3, 0.4) is 0 Å². The summed E-state index contributed by atoms with van der Waals surface area (Å²) in [4.78, 5) is 11.0. The van der Waals surface area contributed by atoms with E-state index >= 15 is 0 Å². The quantitative estimate of drug-likeness (QED) is 0.729. The summed E-state index contributed by atoms with van der Waals surface area (Å²) in [7, 11) is -3.56. The van der Waals surface area contributed by atoms with E-state index in [4.69, 9.17) is 5.11 Å². The molecule has 2 fully saturated rings. The molecule has 0 aromatic carbocycles. The number of rotatable bonds is 6. The molecule has 1 N–H and O–H groups in total. The van der Waals surface area contributed by atoms with E-state index in [1.54, 1.807) is 6.08 Å². The molecule has 1 unspecified atom stereocenters. The van der Waals surface area contributed by atoms with Gasteiger partial charge < -0.3 is 5.11 Å². The second-order valence-electron chi connectivity index (χ2n) is 5.13. The highest BCUT2D eigenvalue weighted by Crippen LogP contribution is 2.31. The van der Waals surface area contributed by atoms with E-state index in [2.05, 4.69) is 6.58 Å². The van der Waals surface area contributed by atoms with Crippen molar-refractivity contribution in [2.24, 2.45) is 5.92 Å². The van der Waals surface area contributed by atoms with Crippen LogP contribution in [0.1, 0.15) is 25.7 Å². The predicted octanol–water partition coefficient (Wildman–Crippen LogP) is 0.678. The molecule has 0 radical (unpaired) electrons. The lowest BCUT2D eigenvalue weighted by Crippen LogP contribution is -2.49. The molecule has 0 spiro atoms. The monoisotopic (exact) mass is 288 g/mol. The molecule has 0 aromatic heterocycles. The number of hydrogen-bond donors (Lipinski definition) is 1. The fraction of sp³-hybridized carbons (Fsp3) is 0.750. The fourth-order valence-electron chi connectivity index (χ4n) is 2.42. The van der Waals surface area contributed by atoms with Gasteiger partial charge in [-0.2, -0.15) is 17.0 Å². The van der Waals surface area contributed by atoms with E-state index in [1.165, 1.54) is 8.61 Å². The summed E-state index contributed by atoms with van der Waals surface area (Å²) in [5.74, 6) is -1.50. The van der Waals surface area contributed by atoms with Crippen molar-refractivity contribution in [3.63, 3.8) is 0 Å². The first-order valence-corrected chi connectivity index (χ1v) is 7.97. The normalized spacial score (nSPS) is 25.4. The molecule has 108 valence electrons. The lowest BCUT2D eigenvalue weighted by molar-refractivity contribution is -0.142. The summed E-state index contributed by atoms with van der Waals surface area (Å²) in [5.41, 5.74) is 0. The zero-order valence-corrected chi connectivity index (χ0v) is 11.7. The Bertz CT molecular complexity index is 458. The van der Waals surface area contributed by atoms with E-state index in [9.17, 15) is 13.2 Å². The van der Waals surface area contributed by atoms with Gasteiger partial charge in [-0.05, 0) is 25.7 Å². The number of nitrogens with zero attached hydrogens (tertiary/aromatic N) is 2. The second kappa shape index (κ2) is 5.60. The van der Waals surface area contributed by atoms with Gasteiger partial charge in [0.05, 0.1) is 5.92 Å². The summed E-state index contributed by atoms with van der Waals surface area (Å²) in [6.07, 6.45) is 4.48. The molecule has 1 saturated carbocycles. The molecule has 0 amide bonds. The van der Waals surface area contributed by atoms with Crippen molar-refractivity contribution in [2.75, 3.05) is 19.6 Å². The van der Waals surface area contributed by atoms with E-state index in [0.717, 1.165) is 12.8 Å². The zero-order valence-electron chi connectivity index (χ0n) is 10.9. The van der Waals surface area contributed by atoms with E-state index in [-0.39, 0.29) is 12.6 Å². The van der Waals surface area contributed by atoms with Crippen LogP contribution >= 0.6 is 0 Å². The molecule has 1 atom stereocenters. The minimum Gasteiger partial charge on any atom is -0.481 e. The smallest absolute Gasteiger partial charge is 0.307 e. The van der Waals surface area contributed by atoms with Crippen LogP contribution in [0.15, 0.2) is 12.7 Å². The highest BCUT2D eigenvalue weighted by atomic mass is 32.2. The van der Waals surface area contributed by atoms with Crippen molar-refractivity contribution < 1.29 is 18.3 Å². The Labute approximate surface area is 113 Å². The fourth-order valence-corrected chi connectivity index (χ4v) is 4.33. The van der Waals surface area contributed by atoms with Crippen LogP contribution in [0.25, 0.3) is 0 Å². The third-order valence-electron chi connectivity index (χ3n) is 3.62. The summed E-state index contributed by atoms with van der Waals surface area (Å²) in [6.45, 7) is 4.38. The Balaban J connectivity index is 2.13. The number of carbonyl (C=O) groups is 1. The van der Waals surface area contributed by atoms with Crippen molar-refractivity contribution in [1.29, 1.82) is 0 Å². The summed E-state index contributed by atoms with van der Waals surface area (Å²) in [5, 5.41) is 9.03. The molecule has 1 aliphatic carbocycles. The van der Waals surface area contributed by atoms with Gasteiger partial charge in [0.15, 0.2) is 0 Å². The molecule has 0 bridgehead atoms. The zero-order chi connectivity index (χ0) is 14.0. The van der Waals surface area contributed by atoms with Gasteiger partial charge in [-0.1, -0.05) is 6.08 Å². The molecule has 7 heteroatoms. The Morgan fingerprint density at radius 3 is 2.63 bits per heavy atom. The number of carboxylic acids is 1. The molecule has 1 saturated heterocycles. The van der Waals surface area contributed by atoms with Gasteiger partial charge in [0.25, 0.3) is 10.2 Å². The van der Waals surface area contributed by atoms with Crippen molar-refractivity contribution in [3.8, 4) is 0 Å². The van der Waals surface area contributed by atoms with Crippen LogP contribution in [0.5, 0.6) is 0 Å². The largest absolute Gasteiger partial charge is 0.481 e. The molecular weight excluding hydrogens is 268 g/mol. The number of carboxylic acid groups (broad SMARTS) is 1. The lowest BCUT2D eigenvalue weighted by Gasteiger charge is -2.34. The first-order chi connectivity index (χ1) is 8.96. The molecule has 0 aromatic rings. The Kier molecular flexibility index (Phi) is 4.27. The Morgan fingerprint density at radius 2 is 2.11 bits per heavy atom. The van der Waals surface area contributed by atoms with Crippen LogP contribution in [0.2, 0.25) is 0 Å². The van der Waals surface area contributed by atoms with E-state index < -0.39 is 22.1 Å². The molecule has 1 heterocycles. The third-order valence-corrected chi connectivity index (χ3v) is 5.64. The Morgan fingerprint density at radius 1 is 1.42 bits per heavy atom. The minimum atomic E-state index is -3.56. The van der Waals surface area contributed by atoms with Crippen molar-refractivity contribution in [3.05, 3.63) is 12.7 Å². The lowest BCUT2D eigenvalue weighted by atomic mass is 10.0. The molecule has 6 nitrogen and oxygen atoms in total. The summed E-state index contributed by atoms with van der Waals surface area (Å²) in [6, 6.07) is 0.0632. The summed E-state index contributed by atoms with van der Waals surface area (Å²) >= 11 is 0. The minimum absolute atomic E-state index is 0.0632. The first-order valence-electron chi connectivity index (χ1n) is 6.57. The number of hydrogen-bond acceptors (Lipinski definition) is 3. The molecule has 2 aliphatic rings. The van der Waals surface area contributed by atoms with Gasteiger partial charge in [0, 0.05) is 25.7 Å². The van der Waals surface area contributed by atoms with Gasteiger partial charge in [-0.15, -0.1) is 6.58 Å². The topological polar surface area (TPSA) is 77.9 Å². The van der Waals surface area contributed by atoms with Crippen molar-refractivity contribution >= 4 is 16.2 Å². The van der Waals surface area contributed by atoms with Crippen LogP contribution in [0, 0.1) is 5.92 Å². The second-order valence-corrected chi connectivity index (χ2v) is 7.01. The molecule has 1 aliphatic heterocycles. The van der Waals surface area contributed by atoms with Gasteiger partial charge in [-0.3, -0.25) is 4.79 Å². The van der Waals surface area contributed by atoms with Crippen LogP contribution < -0.4 is 0 Å². The summed E-state index contributed by atoms with van der Waals surface area (Å²) < 4.78 is 27.8. The van der Waals surface area contributed by atoms with Gasteiger partial charge in [0.2, 0.25) is 0 Å². The maximum atomic E-state index is 12.5. The maximum Gasteiger partial charge on any atom is 0.307 e. The molecule has 19 heavy (non-hydrogen) atoms. The maximum absolute atomic E-state index is 12.5. The number of aliphatic carboxylic acids is 1. The van der Waals surface area contributed by atoms with Crippen LogP contribution in [-0.4, -0.2) is 53.8 Å². The average molecular weight is 288 g/mol. The Hall–Kier alpha value is -0.920. The average Bonchev–Trinajstić information content (AvgIpc) is 3.20. The highest BCUT2D eigenvalue weighted by Gasteiger charge is 2.41. The molecule has 2 rings (SSSR count). The number of piperidine rings is 1. The predicted molar refractivity (Wildman–Crippen MR) is 70.8 cm³/mol. The van der Waals surface area contributed by atoms with E-state index in [0.29, 0.717) is 25.9 Å². The SMILES string of the molecule is C=CCN(C1CC1)S(=O)(=O)N1CCCC(C(=O)O)C1. The van der Waals surface area contributed by atoms with Gasteiger partial charge in [0.1, 0.15) is 0 Å². The third kappa shape index (κ3) is 3.16. The van der Waals surface area contributed by atoms with Crippen molar-refractivity contribution in [2.45, 2.75) is 31.7 Å². The first kappa shape index (κ1) is 14.5. The van der Waals surface area contributed by atoms with Crippen LogP contribution in [0.4, 0.5) is 0 Å². The van der Waals surface area contributed by atoms with Gasteiger partial charge >= 0.3 is 5.97 Å². The van der Waals surface area contributed by atoms with E-state index in [1.807, 2.05) is 0 Å². The standard InChI is InChI=1S/C12H20N2O4S/c1-2-7-14(11-5-6-11)19(17,18)13-8-3-4-10(9-13)12(15)16/h2,10-11H,1,3-9H2,(H,15,16). The van der Waals surface area contributed by atoms with Gasteiger partial charge in [-0.25, -0.2) is 0 Å². The molecular formula is C12H20N2O4S. The van der Waals surface area contributed by atoms with Crippen molar-refractivity contribution in [1.82, 2.24) is 8.61 Å². The highest BCUT2D eigenvalue weighted by molar-refractivity contribution is 7.86.